The van der Waals surface area contributed by atoms with Crippen molar-refractivity contribution in [1.82, 2.24) is 15.3 Å². The fraction of sp³-hybridized carbons (Fsp3) is 0.778. The van der Waals surface area contributed by atoms with Crippen molar-refractivity contribution >= 4 is 0 Å². The Labute approximate surface area is 130 Å². The van der Waals surface area contributed by atoms with E-state index in [4.69, 9.17) is 9.97 Å². The molecule has 1 fully saturated rings. The maximum atomic E-state index is 4.74. The van der Waals surface area contributed by atoms with E-state index in [-0.39, 0.29) is 5.54 Å². The van der Waals surface area contributed by atoms with Gasteiger partial charge in [0.25, 0.3) is 0 Å². The lowest BCUT2D eigenvalue weighted by Gasteiger charge is -2.24. The average Bonchev–Trinajstić information content (AvgIpc) is 3.14. The van der Waals surface area contributed by atoms with Gasteiger partial charge in [0.05, 0.1) is 0 Å². The highest BCUT2D eigenvalue weighted by atomic mass is 14.9. The molecule has 3 heteroatoms. The highest BCUT2D eigenvalue weighted by molar-refractivity contribution is 5.25. The van der Waals surface area contributed by atoms with Crippen LogP contribution in [-0.4, -0.2) is 22.1 Å². The molecule has 1 N–H and O–H groups in total. The Morgan fingerprint density at radius 3 is 2.19 bits per heavy atom. The number of hydrogen-bond acceptors (Lipinski definition) is 3. The van der Waals surface area contributed by atoms with Crippen LogP contribution < -0.4 is 5.32 Å². The lowest BCUT2D eigenvalue weighted by atomic mass is 9.97. The smallest absolute Gasteiger partial charge is 0.129 e. The predicted octanol–water partition coefficient (Wildman–Crippen LogP) is 3.61. The Balaban J connectivity index is 1.98. The maximum Gasteiger partial charge on any atom is 0.129 e. The van der Waals surface area contributed by atoms with Crippen LogP contribution in [0.25, 0.3) is 0 Å². The van der Waals surface area contributed by atoms with Crippen molar-refractivity contribution in [1.29, 1.82) is 0 Å². The van der Waals surface area contributed by atoms with E-state index in [1.54, 1.807) is 0 Å². The molecule has 2 rings (SSSR count). The van der Waals surface area contributed by atoms with Gasteiger partial charge in [-0.1, -0.05) is 6.92 Å². The van der Waals surface area contributed by atoms with Crippen molar-refractivity contribution < 1.29 is 0 Å². The Bertz CT molecular complexity index is 461. The third-order valence-corrected chi connectivity index (χ3v) is 4.17. The van der Waals surface area contributed by atoms with Crippen LogP contribution in [0.3, 0.4) is 0 Å². The third kappa shape index (κ3) is 5.39. The first-order valence-corrected chi connectivity index (χ1v) is 8.32. The summed E-state index contributed by atoms with van der Waals surface area (Å²) < 4.78 is 0. The minimum atomic E-state index is 0.184. The van der Waals surface area contributed by atoms with Crippen LogP contribution in [0.2, 0.25) is 0 Å². The highest BCUT2D eigenvalue weighted by Crippen LogP contribution is 2.32. The molecule has 0 aromatic carbocycles. The Kier molecular flexibility index (Phi) is 5.03. The summed E-state index contributed by atoms with van der Waals surface area (Å²) in [6, 6.07) is 0. The second-order valence-electron chi connectivity index (χ2n) is 7.88. The Morgan fingerprint density at radius 1 is 1.14 bits per heavy atom. The zero-order chi connectivity index (χ0) is 15.6. The molecule has 1 heterocycles. The molecule has 0 spiro atoms. The number of aromatic nitrogens is 2. The van der Waals surface area contributed by atoms with Gasteiger partial charge in [-0.05, 0) is 77.8 Å². The SMILES string of the molecule is Cc1nc(CC2CC2)nc(C)c1CC(C)CNC(C)(C)C. The van der Waals surface area contributed by atoms with Crippen LogP contribution in [0, 0.1) is 25.7 Å². The number of hydrogen-bond donors (Lipinski definition) is 1. The molecule has 0 radical (unpaired) electrons. The first kappa shape index (κ1) is 16.4. The summed E-state index contributed by atoms with van der Waals surface area (Å²) >= 11 is 0. The summed E-state index contributed by atoms with van der Waals surface area (Å²) in [5.74, 6) is 2.50. The Morgan fingerprint density at radius 2 is 1.71 bits per heavy atom. The van der Waals surface area contributed by atoms with E-state index in [9.17, 15) is 0 Å². The van der Waals surface area contributed by atoms with Crippen molar-refractivity contribution in [2.24, 2.45) is 11.8 Å². The molecule has 1 aromatic heterocycles. The Hall–Kier alpha value is -0.960. The average molecular weight is 289 g/mol. The van der Waals surface area contributed by atoms with Gasteiger partial charge < -0.3 is 5.32 Å². The molecule has 1 aliphatic rings. The fourth-order valence-corrected chi connectivity index (χ4v) is 2.68. The summed E-state index contributed by atoms with van der Waals surface area (Å²) in [6.45, 7) is 14.3. The molecule has 1 aliphatic carbocycles. The van der Waals surface area contributed by atoms with Gasteiger partial charge in [-0.25, -0.2) is 9.97 Å². The minimum absolute atomic E-state index is 0.184. The third-order valence-electron chi connectivity index (χ3n) is 4.17. The number of aryl methyl sites for hydroxylation is 2. The second kappa shape index (κ2) is 6.43. The predicted molar refractivity (Wildman–Crippen MR) is 88.6 cm³/mol. The minimum Gasteiger partial charge on any atom is -0.312 e. The summed E-state index contributed by atoms with van der Waals surface area (Å²) in [6.07, 6.45) is 4.85. The van der Waals surface area contributed by atoms with Gasteiger partial charge in [-0.3, -0.25) is 0 Å². The van der Waals surface area contributed by atoms with Crippen LogP contribution in [0.1, 0.15) is 63.3 Å². The lowest BCUT2D eigenvalue weighted by Crippen LogP contribution is -2.39. The quantitative estimate of drug-likeness (QED) is 0.869. The molecule has 118 valence electrons. The lowest BCUT2D eigenvalue weighted by molar-refractivity contribution is 0.381. The standard InChI is InChI=1S/C18H31N3/c1-12(11-19-18(4,5)6)9-16-13(2)20-17(21-14(16)3)10-15-7-8-15/h12,15,19H,7-11H2,1-6H3. The van der Waals surface area contributed by atoms with Crippen molar-refractivity contribution in [2.75, 3.05) is 6.54 Å². The highest BCUT2D eigenvalue weighted by Gasteiger charge is 2.23. The van der Waals surface area contributed by atoms with Gasteiger partial charge >= 0.3 is 0 Å². The molecule has 21 heavy (non-hydrogen) atoms. The molecule has 0 bridgehead atoms. The van der Waals surface area contributed by atoms with Gasteiger partial charge in [0.15, 0.2) is 0 Å². The van der Waals surface area contributed by atoms with Crippen molar-refractivity contribution in [3.63, 3.8) is 0 Å². The van der Waals surface area contributed by atoms with Crippen molar-refractivity contribution in [3.05, 3.63) is 22.8 Å². The molecule has 0 amide bonds. The van der Waals surface area contributed by atoms with Crippen LogP contribution >= 0.6 is 0 Å². The van der Waals surface area contributed by atoms with Gasteiger partial charge in [0.2, 0.25) is 0 Å². The number of nitrogens with zero attached hydrogens (tertiary/aromatic N) is 2. The molecule has 1 unspecified atom stereocenters. The molecular formula is C18H31N3. The first-order chi connectivity index (χ1) is 9.74. The number of rotatable bonds is 6. The molecule has 3 nitrogen and oxygen atoms in total. The zero-order valence-electron chi connectivity index (χ0n) is 14.6. The van der Waals surface area contributed by atoms with E-state index in [0.29, 0.717) is 5.92 Å². The van der Waals surface area contributed by atoms with Gasteiger partial charge in [0, 0.05) is 23.3 Å². The summed E-state index contributed by atoms with van der Waals surface area (Å²) in [4.78, 5) is 9.49. The van der Waals surface area contributed by atoms with Crippen LogP contribution in [0.5, 0.6) is 0 Å². The van der Waals surface area contributed by atoms with E-state index in [1.165, 1.54) is 29.8 Å². The second-order valence-corrected chi connectivity index (χ2v) is 7.88. The van der Waals surface area contributed by atoms with E-state index in [0.717, 1.165) is 31.1 Å². The van der Waals surface area contributed by atoms with E-state index in [2.05, 4.69) is 46.9 Å². The molecular weight excluding hydrogens is 258 g/mol. The van der Waals surface area contributed by atoms with Crippen LogP contribution in [-0.2, 0) is 12.8 Å². The molecule has 1 atom stereocenters. The van der Waals surface area contributed by atoms with E-state index >= 15 is 0 Å². The molecule has 1 aromatic rings. The molecule has 0 aliphatic heterocycles. The van der Waals surface area contributed by atoms with Crippen molar-refractivity contribution in [3.8, 4) is 0 Å². The largest absolute Gasteiger partial charge is 0.312 e. The first-order valence-electron chi connectivity index (χ1n) is 8.32. The van der Waals surface area contributed by atoms with Gasteiger partial charge in [-0.15, -0.1) is 0 Å². The summed E-state index contributed by atoms with van der Waals surface area (Å²) in [7, 11) is 0. The van der Waals surface area contributed by atoms with E-state index in [1.807, 2.05) is 0 Å². The van der Waals surface area contributed by atoms with Crippen LogP contribution in [0.15, 0.2) is 0 Å². The van der Waals surface area contributed by atoms with E-state index < -0.39 is 0 Å². The maximum absolute atomic E-state index is 4.74. The summed E-state index contributed by atoms with van der Waals surface area (Å²) in [5.41, 5.74) is 3.89. The van der Waals surface area contributed by atoms with Gasteiger partial charge in [0.1, 0.15) is 5.82 Å². The fourth-order valence-electron chi connectivity index (χ4n) is 2.68. The normalized spacial score (nSPS) is 17.0. The van der Waals surface area contributed by atoms with Crippen molar-refractivity contribution in [2.45, 2.75) is 72.8 Å². The topological polar surface area (TPSA) is 37.8 Å². The molecule has 1 saturated carbocycles. The van der Waals surface area contributed by atoms with Gasteiger partial charge in [-0.2, -0.15) is 0 Å². The monoisotopic (exact) mass is 289 g/mol. The number of nitrogens with one attached hydrogen (secondary N) is 1. The zero-order valence-corrected chi connectivity index (χ0v) is 14.6. The molecule has 0 saturated heterocycles. The summed E-state index contributed by atoms with van der Waals surface area (Å²) in [5, 5.41) is 3.59. The van der Waals surface area contributed by atoms with Crippen LogP contribution in [0.4, 0.5) is 0 Å².